The summed E-state index contributed by atoms with van der Waals surface area (Å²) in [6.07, 6.45) is 20.2. The Bertz CT molecular complexity index is 1520. The van der Waals surface area contributed by atoms with Crippen LogP contribution in [0.2, 0.25) is 0 Å². The first-order valence-corrected chi connectivity index (χ1v) is 23.4. The van der Waals surface area contributed by atoms with E-state index in [0.717, 1.165) is 77.2 Å². The average Bonchev–Trinajstić information content (AvgIpc) is 3.94. The van der Waals surface area contributed by atoms with Gasteiger partial charge in [-0.25, -0.2) is 0 Å². The molecule has 0 aromatic rings. The SMILES string of the molecule is CC(=O)[C@@H](NC(=O)C(NC(=O)[C@@H]1CCCN1C1CCC1)C1CCCCC1)C(C)(C)C.CCC[C@H](NC(=O)C(C)C[C@@]1(CC)C(C)(C)C12CCC2)C(=O)C(N)=NC1CC1. The van der Waals surface area contributed by atoms with Crippen molar-refractivity contribution in [2.45, 2.75) is 221 Å². The molecule has 6 rings (SSSR count). The maximum absolute atomic E-state index is 13.3. The van der Waals surface area contributed by atoms with Gasteiger partial charge in [-0.15, -0.1) is 0 Å². The molecule has 3 amide bonds. The first-order chi connectivity index (χ1) is 27.3. The lowest BCUT2D eigenvalue weighted by Crippen LogP contribution is -2.60. The van der Waals surface area contributed by atoms with Crippen LogP contribution in [0.3, 0.4) is 0 Å². The van der Waals surface area contributed by atoms with Gasteiger partial charge in [0.15, 0.2) is 11.6 Å². The van der Waals surface area contributed by atoms with E-state index in [9.17, 15) is 24.0 Å². The van der Waals surface area contributed by atoms with Crippen LogP contribution in [0, 0.1) is 33.5 Å². The molecule has 11 heteroatoms. The van der Waals surface area contributed by atoms with Crippen molar-refractivity contribution in [1.29, 1.82) is 0 Å². The predicted octanol–water partition coefficient (Wildman–Crippen LogP) is 7.18. The van der Waals surface area contributed by atoms with Crippen molar-refractivity contribution < 1.29 is 24.0 Å². The number of aliphatic imine (C=N–C) groups is 1. The van der Waals surface area contributed by atoms with Gasteiger partial charge in [-0.05, 0) is 125 Å². The highest BCUT2D eigenvalue weighted by Gasteiger charge is 2.81. The van der Waals surface area contributed by atoms with Crippen molar-refractivity contribution in [2.24, 2.45) is 44.2 Å². The summed E-state index contributed by atoms with van der Waals surface area (Å²) in [6, 6.07) is -1.02. The molecule has 1 heterocycles. The smallest absolute Gasteiger partial charge is 0.243 e. The van der Waals surface area contributed by atoms with Crippen LogP contribution in [0.15, 0.2) is 4.99 Å². The van der Waals surface area contributed by atoms with E-state index in [2.05, 4.69) is 46.6 Å². The van der Waals surface area contributed by atoms with Gasteiger partial charge in [-0.1, -0.05) is 93.9 Å². The fourth-order valence-electron chi connectivity index (χ4n) is 11.9. The van der Waals surface area contributed by atoms with E-state index in [1.165, 1.54) is 51.9 Å². The van der Waals surface area contributed by atoms with Crippen molar-refractivity contribution in [3.8, 4) is 0 Å². The Balaban J connectivity index is 0.000000221. The maximum atomic E-state index is 13.3. The lowest BCUT2D eigenvalue weighted by Gasteiger charge is -2.39. The van der Waals surface area contributed by atoms with Gasteiger partial charge in [0, 0.05) is 12.0 Å². The minimum absolute atomic E-state index is 0.000238. The summed E-state index contributed by atoms with van der Waals surface area (Å²) in [4.78, 5) is 71.2. The number of hydrogen-bond donors (Lipinski definition) is 4. The zero-order valence-corrected chi connectivity index (χ0v) is 37.8. The second-order valence-corrected chi connectivity index (χ2v) is 20.8. The summed E-state index contributed by atoms with van der Waals surface area (Å²) in [5, 5.41) is 9.15. The number of likely N-dealkylation sites (tertiary alicyclic amines) is 1. The molecule has 1 spiro atoms. The van der Waals surface area contributed by atoms with Crippen LogP contribution in [-0.4, -0.2) is 82.8 Å². The summed E-state index contributed by atoms with van der Waals surface area (Å²) >= 11 is 0. The van der Waals surface area contributed by atoms with E-state index in [1.807, 2.05) is 34.6 Å². The molecule has 0 aromatic heterocycles. The largest absolute Gasteiger partial charge is 0.381 e. The molecule has 11 nitrogen and oxygen atoms in total. The van der Waals surface area contributed by atoms with Crippen LogP contribution >= 0.6 is 0 Å². The third-order valence-corrected chi connectivity index (χ3v) is 15.9. The van der Waals surface area contributed by atoms with Crippen LogP contribution in [0.5, 0.6) is 0 Å². The number of amidine groups is 1. The summed E-state index contributed by atoms with van der Waals surface area (Å²) in [5.74, 6) is -0.356. The fraction of sp³-hybridized carbons (Fsp3) is 0.872. The molecule has 1 aliphatic heterocycles. The molecule has 0 bridgehead atoms. The average molecular weight is 809 g/mol. The molecular formula is C47H80N6O5. The van der Waals surface area contributed by atoms with Gasteiger partial charge in [0.05, 0.1) is 24.2 Å². The molecule has 6 fully saturated rings. The van der Waals surface area contributed by atoms with Gasteiger partial charge in [0.25, 0.3) is 0 Å². The van der Waals surface area contributed by atoms with E-state index in [1.54, 1.807) is 0 Å². The highest BCUT2D eigenvalue weighted by Crippen LogP contribution is 2.88. The van der Waals surface area contributed by atoms with Crippen molar-refractivity contribution in [3.05, 3.63) is 0 Å². The standard InChI is InChI=1S/C24H41N3O3.C23H39N3O2/c1-16(28)21(24(2,3)4)26-23(30)20(17-10-6-5-7-11-17)25-22(29)19-14-9-15-27(19)18-12-8-13-18;1-6-9-17(18(27)19(24)25-16-10-11-16)26-20(28)15(3)14-22(7-2)21(4,5)23(22)12-8-13-23/h17-21H,5-15H2,1-4H3,(H,25,29)(H,26,30);15-17H,6-14H2,1-5H3,(H2,24,25)(H,26,28)/t19-,20?,21+;15?,17-,22-/m00/s1. The maximum Gasteiger partial charge on any atom is 0.243 e. The number of Topliss-reactive ketones (excluding diaryl/α,β-unsaturated/α-hetero) is 2. The third kappa shape index (κ3) is 9.70. The number of nitrogens with zero attached hydrogens (tertiary/aromatic N) is 2. The molecule has 6 atom stereocenters. The number of hydrogen-bond acceptors (Lipinski definition) is 7. The van der Waals surface area contributed by atoms with Crippen LogP contribution in [0.25, 0.3) is 0 Å². The number of rotatable bonds is 17. The van der Waals surface area contributed by atoms with Crippen LogP contribution in [0.1, 0.15) is 184 Å². The molecule has 2 unspecified atom stereocenters. The second-order valence-electron chi connectivity index (χ2n) is 20.8. The first kappa shape index (κ1) is 46.2. The van der Waals surface area contributed by atoms with E-state index in [4.69, 9.17) is 5.73 Å². The molecule has 5 N–H and O–H groups in total. The number of ketones is 2. The molecule has 5 aliphatic carbocycles. The van der Waals surface area contributed by atoms with E-state index >= 15 is 0 Å². The lowest BCUT2D eigenvalue weighted by atomic mass is 9.71. The molecule has 0 aromatic carbocycles. The van der Waals surface area contributed by atoms with Crippen LogP contribution in [0.4, 0.5) is 0 Å². The van der Waals surface area contributed by atoms with E-state index in [0.29, 0.717) is 23.3 Å². The Kier molecular flexibility index (Phi) is 15.0. The Hall–Kier alpha value is -2.82. The monoisotopic (exact) mass is 809 g/mol. The fourth-order valence-corrected chi connectivity index (χ4v) is 11.9. The van der Waals surface area contributed by atoms with E-state index < -0.39 is 18.1 Å². The van der Waals surface area contributed by atoms with Crippen molar-refractivity contribution in [3.63, 3.8) is 0 Å². The number of carbonyl (C=O) groups is 5. The lowest BCUT2D eigenvalue weighted by molar-refractivity contribution is -0.135. The molecule has 328 valence electrons. The Morgan fingerprint density at radius 2 is 1.48 bits per heavy atom. The summed E-state index contributed by atoms with van der Waals surface area (Å²) in [7, 11) is 0. The number of nitrogens with one attached hydrogen (secondary N) is 3. The van der Waals surface area contributed by atoms with Gasteiger partial charge < -0.3 is 21.7 Å². The summed E-state index contributed by atoms with van der Waals surface area (Å²) < 4.78 is 0. The zero-order valence-electron chi connectivity index (χ0n) is 37.8. The topological polar surface area (TPSA) is 163 Å². The van der Waals surface area contributed by atoms with Gasteiger partial charge in [-0.2, -0.15) is 0 Å². The van der Waals surface area contributed by atoms with Gasteiger partial charge in [0.2, 0.25) is 23.5 Å². The normalized spacial score (nSPS) is 27.7. The van der Waals surface area contributed by atoms with Gasteiger partial charge in [-0.3, -0.25) is 33.9 Å². The predicted molar refractivity (Wildman–Crippen MR) is 231 cm³/mol. The minimum atomic E-state index is -0.551. The quantitative estimate of drug-likeness (QED) is 0.0894. The van der Waals surface area contributed by atoms with Crippen LogP contribution < -0.4 is 21.7 Å². The highest BCUT2D eigenvalue weighted by molar-refractivity contribution is 6.40. The van der Waals surface area contributed by atoms with Gasteiger partial charge >= 0.3 is 0 Å². The first-order valence-electron chi connectivity index (χ1n) is 23.4. The Labute approximate surface area is 350 Å². The Morgan fingerprint density at radius 3 is 1.97 bits per heavy atom. The molecule has 5 saturated carbocycles. The number of amides is 3. The molecule has 0 radical (unpaired) electrons. The summed E-state index contributed by atoms with van der Waals surface area (Å²) in [5.41, 5.74) is 6.55. The van der Waals surface area contributed by atoms with Crippen molar-refractivity contribution in [2.75, 3.05) is 6.54 Å². The van der Waals surface area contributed by atoms with E-state index in [-0.39, 0.29) is 69.9 Å². The number of carbonyl (C=O) groups excluding carboxylic acids is 5. The molecule has 6 aliphatic rings. The third-order valence-electron chi connectivity index (χ3n) is 15.9. The van der Waals surface area contributed by atoms with Crippen LogP contribution in [-0.2, 0) is 24.0 Å². The zero-order chi connectivity index (χ0) is 42.6. The second kappa shape index (κ2) is 18.8. The van der Waals surface area contributed by atoms with Gasteiger partial charge in [0.1, 0.15) is 6.04 Å². The Morgan fingerprint density at radius 1 is 0.828 bits per heavy atom. The highest BCUT2D eigenvalue weighted by atomic mass is 16.2. The molecule has 58 heavy (non-hydrogen) atoms. The van der Waals surface area contributed by atoms with Crippen molar-refractivity contribution >= 4 is 35.1 Å². The van der Waals surface area contributed by atoms with Crippen molar-refractivity contribution in [1.82, 2.24) is 20.9 Å². The number of nitrogens with two attached hydrogens (primary N) is 1. The molecule has 1 saturated heterocycles. The molecular weight excluding hydrogens is 729 g/mol. The minimum Gasteiger partial charge on any atom is -0.381 e. The summed E-state index contributed by atoms with van der Waals surface area (Å²) in [6.45, 7) is 19.5.